The predicted molar refractivity (Wildman–Crippen MR) is 93.8 cm³/mol. The normalized spacial score (nSPS) is 20.9. The van der Waals surface area contributed by atoms with Gasteiger partial charge in [-0.1, -0.05) is 0 Å². The van der Waals surface area contributed by atoms with Crippen molar-refractivity contribution in [2.45, 2.75) is 71.6 Å². The molecule has 130 valence electrons. The molecule has 1 N–H and O–H groups in total. The molecule has 1 aliphatic heterocycles. The van der Waals surface area contributed by atoms with Crippen LogP contribution in [0.4, 0.5) is 4.79 Å². The molecule has 1 aromatic heterocycles. The molecule has 2 unspecified atom stereocenters. The van der Waals surface area contributed by atoms with Crippen molar-refractivity contribution in [1.29, 1.82) is 0 Å². The van der Waals surface area contributed by atoms with E-state index in [1.54, 1.807) is 11.3 Å². The van der Waals surface area contributed by atoms with Gasteiger partial charge in [-0.25, -0.2) is 9.78 Å². The van der Waals surface area contributed by atoms with E-state index >= 15 is 0 Å². The zero-order valence-corrected chi connectivity index (χ0v) is 15.7. The van der Waals surface area contributed by atoms with Crippen molar-refractivity contribution < 1.29 is 9.53 Å². The van der Waals surface area contributed by atoms with Crippen molar-refractivity contribution in [3.63, 3.8) is 0 Å². The first-order chi connectivity index (χ1) is 10.7. The molecule has 0 spiro atoms. The molecule has 1 aromatic rings. The summed E-state index contributed by atoms with van der Waals surface area (Å²) in [5.74, 6) is 0. The van der Waals surface area contributed by atoms with Gasteiger partial charge in [-0.3, -0.25) is 0 Å². The number of thiazole rings is 1. The van der Waals surface area contributed by atoms with Gasteiger partial charge < -0.3 is 15.0 Å². The Hall–Kier alpha value is -1.14. The van der Waals surface area contributed by atoms with E-state index in [4.69, 9.17) is 4.74 Å². The van der Waals surface area contributed by atoms with E-state index in [0.29, 0.717) is 6.04 Å². The Labute approximate surface area is 143 Å². The van der Waals surface area contributed by atoms with Gasteiger partial charge in [0.25, 0.3) is 0 Å². The van der Waals surface area contributed by atoms with Crippen LogP contribution in [0, 0.1) is 6.92 Å². The highest BCUT2D eigenvalue weighted by Crippen LogP contribution is 2.22. The monoisotopic (exact) mass is 339 g/mol. The van der Waals surface area contributed by atoms with Crippen LogP contribution >= 0.6 is 11.3 Å². The molecule has 2 heterocycles. The van der Waals surface area contributed by atoms with Crippen molar-refractivity contribution >= 4 is 17.4 Å². The molecule has 5 nitrogen and oxygen atoms in total. The van der Waals surface area contributed by atoms with E-state index < -0.39 is 5.60 Å². The van der Waals surface area contributed by atoms with Gasteiger partial charge in [0.05, 0.1) is 6.04 Å². The number of aryl methyl sites for hydroxylation is 1. The Balaban J connectivity index is 1.85. The molecule has 0 bridgehead atoms. The first-order valence-electron chi connectivity index (χ1n) is 8.41. The van der Waals surface area contributed by atoms with Gasteiger partial charge in [-0.05, 0) is 53.9 Å². The van der Waals surface area contributed by atoms with Crippen LogP contribution in [0.3, 0.4) is 0 Å². The third-order valence-electron chi connectivity index (χ3n) is 3.88. The molecule has 1 fully saturated rings. The topological polar surface area (TPSA) is 54.5 Å². The van der Waals surface area contributed by atoms with Gasteiger partial charge in [0.15, 0.2) is 0 Å². The molecule has 2 atom stereocenters. The standard InChI is InChI=1S/C17H29N3O2S/c1-12-11-18-15(23-12)13(2)19-14-7-6-9-20(10-8-14)16(21)22-17(3,4)5/h11,13-14,19H,6-10H2,1-5H3. The van der Waals surface area contributed by atoms with Crippen molar-refractivity contribution in [2.75, 3.05) is 13.1 Å². The molecule has 0 saturated carbocycles. The lowest BCUT2D eigenvalue weighted by atomic mass is 10.1. The molecule has 23 heavy (non-hydrogen) atoms. The highest BCUT2D eigenvalue weighted by Gasteiger charge is 2.26. The van der Waals surface area contributed by atoms with E-state index in [1.807, 2.05) is 31.9 Å². The summed E-state index contributed by atoms with van der Waals surface area (Å²) in [5, 5.41) is 4.80. The Morgan fingerprint density at radius 1 is 1.43 bits per heavy atom. The molecule has 2 rings (SSSR count). The second-order valence-corrected chi connectivity index (χ2v) is 8.56. The average Bonchev–Trinajstić information content (AvgIpc) is 2.73. The summed E-state index contributed by atoms with van der Waals surface area (Å²) in [6.45, 7) is 11.5. The number of carbonyl (C=O) groups excluding carboxylic acids is 1. The minimum absolute atomic E-state index is 0.193. The van der Waals surface area contributed by atoms with E-state index in [2.05, 4.69) is 24.1 Å². The average molecular weight is 340 g/mol. The maximum Gasteiger partial charge on any atom is 0.410 e. The molecule has 1 saturated heterocycles. The first-order valence-corrected chi connectivity index (χ1v) is 9.22. The molecule has 1 amide bonds. The summed E-state index contributed by atoms with van der Waals surface area (Å²) in [6.07, 6.45) is 4.76. The largest absolute Gasteiger partial charge is 0.444 e. The summed E-state index contributed by atoms with van der Waals surface area (Å²) < 4.78 is 5.48. The third-order valence-corrected chi connectivity index (χ3v) is 4.97. The van der Waals surface area contributed by atoms with Gasteiger partial charge in [-0.2, -0.15) is 0 Å². The van der Waals surface area contributed by atoms with Gasteiger partial charge >= 0.3 is 6.09 Å². The Kier molecular flexibility index (Phi) is 6.03. The Bertz CT molecular complexity index is 524. The molecular formula is C17H29N3O2S. The van der Waals surface area contributed by atoms with E-state index in [9.17, 15) is 4.79 Å². The van der Waals surface area contributed by atoms with Crippen LogP contribution in [-0.2, 0) is 4.74 Å². The number of ether oxygens (including phenoxy) is 1. The van der Waals surface area contributed by atoms with Crippen LogP contribution < -0.4 is 5.32 Å². The summed E-state index contributed by atoms with van der Waals surface area (Å²) in [4.78, 5) is 19.7. The summed E-state index contributed by atoms with van der Waals surface area (Å²) in [6, 6.07) is 0.674. The van der Waals surface area contributed by atoms with E-state index in [-0.39, 0.29) is 12.1 Å². The first kappa shape index (κ1) is 18.2. The zero-order valence-electron chi connectivity index (χ0n) is 14.9. The van der Waals surface area contributed by atoms with Gasteiger partial charge in [-0.15, -0.1) is 11.3 Å². The van der Waals surface area contributed by atoms with Crippen molar-refractivity contribution in [3.8, 4) is 0 Å². The lowest BCUT2D eigenvalue weighted by molar-refractivity contribution is 0.0256. The maximum atomic E-state index is 12.2. The van der Waals surface area contributed by atoms with Crippen LogP contribution in [-0.4, -0.2) is 40.7 Å². The molecule has 1 aliphatic rings. The van der Waals surface area contributed by atoms with Crippen LogP contribution in [0.2, 0.25) is 0 Å². The highest BCUT2D eigenvalue weighted by molar-refractivity contribution is 7.11. The van der Waals surface area contributed by atoms with Crippen LogP contribution in [0.15, 0.2) is 6.20 Å². The number of rotatable bonds is 3. The van der Waals surface area contributed by atoms with Crippen LogP contribution in [0.5, 0.6) is 0 Å². The SMILES string of the molecule is Cc1cnc(C(C)NC2CCCN(C(=O)OC(C)(C)C)CC2)s1. The van der Waals surface area contributed by atoms with E-state index in [0.717, 1.165) is 37.4 Å². The summed E-state index contributed by atoms with van der Waals surface area (Å²) >= 11 is 1.74. The number of amides is 1. The number of carbonyl (C=O) groups is 1. The fourth-order valence-corrected chi connectivity index (χ4v) is 3.55. The third kappa shape index (κ3) is 5.77. The smallest absolute Gasteiger partial charge is 0.410 e. The van der Waals surface area contributed by atoms with Crippen molar-refractivity contribution in [3.05, 3.63) is 16.1 Å². The van der Waals surface area contributed by atoms with E-state index in [1.165, 1.54) is 4.88 Å². The van der Waals surface area contributed by atoms with Crippen LogP contribution in [0.25, 0.3) is 0 Å². The second-order valence-electron chi connectivity index (χ2n) is 7.29. The number of likely N-dealkylation sites (tertiary alicyclic amines) is 1. The van der Waals surface area contributed by atoms with Gasteiger partial charge in [0.1, 0.15) is 10.6 Å². The molecule has 0 aliphatic carbocycles. The minimum atomic E-state index is -0.432. The molecule has 0 radical (unpaired) electrons. The molecular weight excluding hydrogens is 310 g/mol. The van der Waals surface area contributed by atoms with Gasteiger partial charge in [0, 0.05) is 30.2 Å². The summed E-state index contributed by atoms with van der Waals surface area (Å²) in [7, 11) is 0. The van der Waals surface area contributed by atoms with Crippen molar-refractivity contribution in [1.82, 2.24) is 15.2 Å². The number of nitrogens with zero attached hydrogens (tertiary/aromatic N) is 2. The van der Waals surface area contributed by atoms with Gasteiger partial charge in [0.2, 0.25) is 0 Å². The van der Waals surface area contributed by atoms with Crippen molar-refractivity contribution in [2.24, 2.45) is 0 Å². The van der Waals surface area contributed by atoms with Crippen LogP contribution in [0.1, 0.15) is 62.9 Å². The number of hydrogen-bond donors (Lipinski definition) is 1. The maximum absolute atomic E-state index is 12.2. The summed E-state index contributed by atoms with van der Waals surface area (Å²) in [5.41, 5.74) is -0.432. The number of nitrogens with one attached hydrogen (secondary N) is 1. The second kappa shape index (κ2) is 7.62. The quantitative estimate of drug-likeness (QED) is 0.907. The zero-order chi connectivity index (χ0) is 17.0. The fourth-order valence-electron chi connectivity index (χ4n) is 2.77. The highest BCUT2D eigenvalue weighted by atomic mass is 32.1. The Morgan fingerprint density at radius 2 is 2.17 bits per heavy atom. The Morgan fingerprint density at radius 3 is 2.78 bits per heavy atom. The molecule has 0 aromatic carbocycles. The number of aromatic nitrogens is 1. The number of hydrogen-bond acceptors (Lipinski definition) is 5. The minimum Gasteiger partial charge on any atom is -0.444 e. The predicted octanol–water partition coefficient (Wildman–Crippen LogP) is 3.89. The lowest BCUT2D eigenvalue weighted by Crippen LogP contribution is -2.38. The molecule has 6 heteroatoms. The lowest BCUT2D eigenvalue weighted by Gasteiger charge is -2.26. The fraction of sp³-hybridized carbons (Fsp3) is 0.765.